The Labute approximate surface area is 197 Å². The average molecular weight is 469 g/mol. The van der Waals surface area contributed by atoms with E-state index in [9.17, 15) is 14.4 Å². The van der Waals surface area contributed by atoms with Crippen molar-refractivity contribution in [3.8, 4) is 0 Å². The summed E-state index contributed by atoms with van der Waals surface area (Å²) in [6.07, 6.45) is 5.02. The number of benzene rings is 2. The molecule has 1 aliphatic heterocycles. The Morgan fingerprint density at radius 2 is 1.56 bits per heavy atom. The topological polar surface area (TPSA) is 66.5 Å². The van der Waals surface area contributed by atoms with Gasteiger partial charge in [-0.25, -0.2) is 0 Å². The number of hydrogen-bond acceptors (Lipinski definition) is 5. The van der Waals surface area contributed by atoms with Crippen LogP contribution >= 0.6 is 21.6 Å². The predicted octanol–water partition coefficient (Wildman–Crippen LogP) is 4.96. The molecule has 2 aromatic carbocycles. The summed E-state index contributed by atoms with van der Waals surface area (Å²) in [7, 11) is 3.28. The van der Waals surface area contributed by atoms with E-state index < -0.39 is 0 Å². The zero-order valence-corrected chi connectivity index (χ0v) is 19.8. The van der Waals surface area contributed by atoms with E-state index in [1.807, 2.05) is 54.6 Å². The van der Waals surface area contributed by atoms with Crippen molar-refractivity contribution >= 4 is 57.0 Å². The van der Waals surface area contributed by atoms with Crippen molar-refractivity contribution in [2.75, 3.05) is 23.0 Å². The van der Waals surface area contributed by atoms with Gasteiger partial charge < -0.3 is 10.2 Å². The summed E-state index contributed by atoms with van der Waals surface area (Å²) in [6, 6.07) is 15.9. The molecule has 1 heterocycles. The Hall–Kier alpha value is -2.51. The van der Waals surface area contributed by atoms with Gasteiger partial charge in [0.25, 0.3) is 0 Å². The van der Waals surface area contributed by atoms with Crippen LogP contribution in [0.4, 0.5) is 5.69 Å². The van der Waals surface area contributed by atoms with Crippen molar-refractivity contribution in [1.29, 1.82) is 0 Å². The van der Waals surface area contributed by atoms with E-state index in [4.69, 9.17) is 0 Å². The summed E-state index contributed by atoms with van der Waals surface area (Å²) < 4.78 is 0. The molecule has 5 nitrogen and oxygen atoms in total. The van der Waals surface area contributed by atoms with Crippen molar-refractivity contribution in [3.05, 3.63) is 65.2 Å². The number of ketones is 1. The number of para-hydroxylation sites is 1. The quantitative estimate of drug-likeness (QED) is 0.394. The van der Waals surface area contributed by atoms with Gasteiger partial charge in [0.2, 0.25) is 11.8 Å². The highest BCUT2D eigenvalue weighted by molar-refractivity contribution is 8.76. The van der Waals surface area contributed by atoms with Gasteiger partial charge in [-0.05, 0) is 29.7 Å². The van der Waals surface area contributed by atoms with Crippen LogP contribution in [0.5, 0.6) is 0 Å². The number of hydrogen-bond donors (Lipinski definition) is 1. The second-order valence-electron chi connectivity index (χ2n) is 7.52. The number of nitrogens with zero attached hydrogens (tertiary/aromatic N) is 1. The number of carbonyl (C=O) groups is 3. The smallest absolute Gasteiger partial charge is 0.227 e. The Morgan fingerprint density at radius 3 is 2.38 bits per heavy atom. The standard InChI is InChI=1S/C25H28N2O3S2/c1-19(28)14-16-31-32-17-15-26-24(29)12-13-25(30)27-18-22-8-3-2-6-20(22)10-11-21-7-4-5-9-23(21)27/h2-11H,12-18H2,1H3,(H,26,29). The Morgan fingerprint density at radius 1 is 0.875 bits per heavy atom. The largest absolute Gasteiger partial charge is 0.355 e. The van der Waals surface area contributed by atoms with E-state index in [-0.39, 0.29) is 30.4 Å². The number of amides is 2. The van der Waals surface area contributed by atoms with E-state index >= 15 is 0 Å². The van der Waals surface area contributed by atoms with Crippen molar-refractivity contribution in [1.82, 2.24) is 5.32 Å². The second kappa shape index (κ2) is 12.5. The Balaban J connectivity index is 1.52. The van der Waals surface area contributed by atoms with E-state index in [0.29, 0.717) is 19.5 Å². The van der Waals surface area contributed by atoms with Crippen LogP contribution in [0.2, 0.25) is 0 Å². The molecule has 168 valence electrons. The molecule has 0 saturated heterocycles. The molecule has 0 unspecified atom stereocenters. The minimum atomic E-state index is -0.117. The van der Waals surface area contributed by atoms with Gasteiger partial charge in [0.05, 0.1) is 12.2 Å². The summed E-state index contributed by atoms with van der Waals surface area (Å²) in [5.41, 5.74) is 4.02. The highest BCUT2D eigenvalue weighted by atomic mass is 33.1. The Kier molecular flexibility index (Phi) is 9.43. The highest BCUT2D eigenvalue weighted by Crippen LogP contribution is 2.29. The molecule has 2 amide bonds. The first-order valence-corrected chi connectivity index (χ1v) is 13.2. The van der Waals surface area contributed by atoms with Crippen LogP contribution in [0.15, 0.2) is 48.5 Å². The third kappa shape index (κ3) is 7.28. The van der Waals surface area contributed by atoms with Crippen molar-refractivity contribution in [3.63, 3.8) is 0 Å². The fourth-order valence-electron chi connectivity index (χ4n) is 3.35. The summed E-state index contributed by atoms with van der Waals surface area (Å²) >= 11 is 0. The van der Waals surface area contributed by atoms with Crippen LogP contribution in [-0.4, -0.2) is 35.6 Å². The molecule has 1 N–H and O–H groups in total. The lowest BCUT2D eigenvalue weighted by molar-refractivity contribution is -0.125. The molecule has 0 atom stereocenters. The molecule has 0 bridgehead atoms. The fourth-order valence-corrected chi connectivity index (χ4v) is 5.35. The number of fused-ring (bicyclic) bond motifs is 2. The van der Waals surface area contributed by atoms with Crippen molar-refractivity contribution in [2.45, 2.75) is 32.7 Å². The summed E-state index contributed by atoms with van der Waals surface area (Å²) in [4.78, 5) is 38.1. The summed E-state index contributed by atoms with van der Waals surface area (Å²) in [5, 5.41) is 2.88. The van der Waals surface area contributed by atoms with Gasteiger partial charge in [0, 0.05) is 37.3 Å². The number of Topliss-reactive ketones (excluding diaryl/α,β-unsaturated/α-hetero) is 1. The molecule has 0 fully saturated rings. The van der Waals surface area contributed by atoms with Crippen LogP contribution in [-0.2, 0) is 20.9 Å². The predicted molar refractivity (Wildman–Crippen MR) is 135 cm³/mol. The van der Waals surface area contributed by atoms with Crippen LogP contribution in [0.3, 0.4) is 0 Å². The van der Waals surface area contributed by atoms with Gasteiger partial charge in [-0.1, -0.05) is 76.2 Å². The van der Waals surface area contributed by atoms with Crippen molar-refractivity contribution < 1.29 is 14.4 Å². The molecule has 7 heteroatoms. The molecule has 0 spiro atoms. The molecule has 0 aliphatic carbocycles. The third-order valence-electron chi connectivity index (χ3n) is 5.05. The van der Waals surface area contributed by atoms with Crippen molar-refractivity contribution in [2.24, 2.45) is 0 Å². The first-order chi connectivity index (χ1) is 15.5. The minimum Gasteiger partial charge on any atom is -0.355 e. The van der Waals surface area contributed by atoms with Gasteiger partial charge in [0.15, 0.2) is 0 Å². The molecule has 0 saturated carbocycles. The van der Waals surface area contributed by atoms with Gasteiger partial charge >= 0.3 is 0 Å². The second-order valence-corrected chi connectivity index (χ2v) is 10.2. The van der Waals surface area contributed by atoms with E-state index in [2.05, 4.69) is 11.4 Å². The molecule has 0 radical (unpaired) electrons. The third-order valence-corrected chi connectivity index (χ3v) is 7.46. The first kappa shape index (κ1) is 24.1. The molecular formula is C25H28N2O3S2. The molecule has 3 rings (SSSR count). The molecular weight excluding hydrogens is 440 g/mol. The average Bonchev–Trinajstić information content (AvgIpc) is 2.78. The monoisotopic (exact) mass is 468 g/mol. The van der Waals surface area contributed by atoms with E-state index in [0.717, 1.165) is 33.9 Å². The number of nitrogens with one attached hydrogen (secondary N) is 1. The lowest BCUT2D eigenvalue weighted by Gasteiger charge is -2.27. The normalized spacial score (nSPS) is 12.3. The Bertz CT molecular complexity index is 991. The zero-order chi connectivity index (χ0) is 22.8. The van der Waals surface area contributed by atoms with Gasteiger partial charge in [-0.3, -0.25) is 14.4 Å². The number of rotatable bonds is 10. The van der Waals surface area contributed by atoms with Crippen LogP contribution in [0.25, 0.3) is 12.2 Å². The van der Waals surface area contributed by atoms with E-state index in [1.54, 1.807) is 33.4 Å². The van der Waals surface area contributed by atoms with Crippen LogP contribution in [0, 0.1) is 0 Å². The maximum Gasteiger partial charge on any atom is 0.227 e. The molecule has 32 heavy (non-hydrogen) atoms. The van der Waals surface area contributed by atoms with Crippen LogP contribution < -0.4 is 10.2 Å². The maximum atomic E-state index is 13.1. The lowest BCUT2D eigenvalue weighted by atomic mass is 10.0. The maximum absolute atomic E-state index is 13.1. The summed E-state index contributed by atoms with van der Waals surface area (Å²) in [5.74, 6) is 1.57. The first-order valence-electron chi connectivity index (χ1n) is 10.7. The summed E-state index contributed by atoms with van der Waals surface area (Å²) in [6.45, 7) is 2.62. The van der Waals surface area contributed by atoms with Gasteiger partial charge in [0.1, 0.15) is 5.78 Å². The molecule has 2 aromatic rings. The van der Waals surface area contributed by atoms with Crippen LogP contribution in [0.1, 0.15) is 42.9 Å². The molecule has 1 aliphatic rings. The molecule has 0 aromatic heterocycles. The number of carbonyl (C=O) groups excluding carboxylic acids is 3. The zero-order valence-electron chi connectivity index (χ0n) is 18.2. The number of anilines is 1. The van der Waals surface area contributed by atoms with Gasteiger partial charge in [-0.15, -0.1) is 0 Å². The highest BCUT2D eigenvalue weighted by Gasteiger charge is 2.21. The lowest BCUT2D eigenvalue weighted by Crippen LogP contribution is -2.33. The fraction of sp³-hybridized carbons (Fsp3) is 0.320. The SMILES string of the molecule is CC(=O)CCSSCCNC(=O)CCC(=O)N1Cc2ccccc2C=Cc2ccccc21. The van der Waals surface area contributed by atoms with E-state index in [1.165, 1.54) is 0 Å². The van der Waals surface area contributed by atoms with Gasteiger partial charge in [-0.2, -0.15) is 0 Å². The minimum absolute atomic E-state index is 0.0631.